The van der Waals surface area contributed by atoms with Crippen LogP contribution in [0.5, 0.6) is 11.5 Å². The summed E-state index contributed by atoms with van der Waals surface area (Å²) in [7, 11) is 1.55. The fourth-order valence-corrected chi connectivity index (χ4v) is 4.06. The largest absolute Gasteiger partial charge is 0.533 e. The Kier molecular flexibility index (Phi) is 5.34. The molecule has 1 aromatic carbocycles. The zero-order valence-electron chi connectivity index (χ0n) is 17.2. The van der Waals surface area contributed by atoms with E-state index in [-0.39, 0.29) is 0 Å². The van der Waals surface area contributed by atoms with Gasteiger partial charge in [-0.1, -0.05) is 0 Å². The number of aryl methyl sites for hydroxylation is 1. The van der Waals surface area contributed by atoms with Crippen molar-refractivity contribution in [1.82, 2.24) is 4.48 Å². The van der Waals surface area contributed by atoms with Crippen LogP contribution in [0.4, 0.5) is 8.71 Å². The molecule has 0 amide bonds. The Bertz CT molecular complexity index is 1130. The van der Waals surface area contributed by atoms with Crippen LogP contribution in [-0.4, -0.2) is 43.2 Å². The monoisotopic (exact) mass is 410 g/mol. The van der Waals surface area contributed by atoms with Crippen molar-refractivity contribution in [3.05, 3.63) is 64.4 Å². The standard InChI is InChI=1S/C22H23BF2N3O2/c1-14-11-16(7-6-15-12-20(29-2)21(30-3)13-18(15)24)28-22(14)17(8-9-26)19-5-4-10-27(19)23(28)25/h4-7,10-13H,8-9,26H2,1-3H3/b7-6+. The number of halogens is 2. The summed E-state index contributed by atoms with van der Waals surface area (Å²) in [5, 5.41) is 0. The first-order chi connectivity index (χ1) is 14.5. The number of benzene rings is 1. The van der Waals surface area contributed by atoms with Crippen molar-refractivity contribution in [2.75, 3.05) is 20.8 Å². The third kappa shape index (κ3) is 3.17. The third-order valence-electron chi connectivity index (χ3n) is 5.40. The molecule has 2 aliphatic rings. The van der Waals surface area contributed by atoms with Gasteiger partial charge in [0.15, 0.2) is 17.2 Å². The molecule has 8 heteroatoms. The number of ether oxygens (including phenoxy) is 2. The molecule has 0 aliphatic carbocycles. The number of nitrogens with zero attached hydrogens (tertiary/aromatic N) is 2. The van der Waals surface area contributed by atoms with Crippen LogP contribution in [0.15, 0.2) is 36.0 Å². The molecule has 0 unspecified atom stereocenters. The predicted octanol–water partition coefficient (Wildman–Crippen LogP) is 3.65. The van der Waals surface area contributed by atoms with Crippen LogP contribution < -0.4 is 15.2 Å². The van der Waals surface area contributed by atoms with Crippen LogP contribution in [0.25, 0.3) is 17.7 Å². The number of fused-ring (bicyclic) bond motifs is 2. The molecule has 2 aliphatic heterocycles. The number of hydrogen-bond donors (Lipinski definition) is 1. The van der Waals surface area contributed by atoms with Gasteiger partial charge in [-0.15, -0.1) is 0 Å². The van der Waals surface area contributed by atoms with Gasteiger partial charge in [0.1, 0.15) is 12.0 Å². The van der Waals surface area contributed by atoms with Gasteiger partial charge in [0, 0.05) is 40.7 Å². The molecule has 4 rings (SSSR count). The molecule has 5 nitrogen and oxygen atoms in total. The average molecular weight is 410 g/mol. The lowest BCUT2D eigenvalue weighted by Crippen LogP contribution is -2.39. The van der Waals surface area contributed by atoms with Crippen molar-refractivity contribution in [2.24, 2.45) is 5.73 Å². The maximum absolute atomic E-state index is 15.4. The number of aromatic nitrogens is 1. The lowest BCUT2D eigenvalue weighted by Gasteiger charge is -2.30. The van der Waals surface area contributed by atoms with E-state index in [0.717, 1.165) is 22.5 Å². The van der Waals surface area contributed by atoms with E-state index in [0.29, 0.717) is 35.7 Å². The lowest BCUT2D eigenvalue weighted by molar-refractivity contribution is -0.329. The van der Waals surface area contributed by atoms with Gasteiger partial charge < -0.3 is 28.5 Å². The average Bonchev–Trinajstić information content (AvgIpc) is 3.35. The smallest absolute Gasteiger partial charge is 0.493 e. The van der Waals surface area contributed by atoms with Crippen molar-refractivity contribution in [3.63, 3.8) is 0 Å². The first-order valence-corrected chi connectivity index (χ1v) is 9.69. The quantitative estimate of drug-likeness (QED) is 0.740. The number of rotatable bonds is 6. The predicted molar refractivity (Wildman–Crippen MR) is 116 cm³/mol. The summed E-state index contributed by atoms with van der Waals surface area (Å²) >= 11 is 0. The van der Waals surface area contributed by atoms with Crippen molar-refractivity contribution in [3.8, 4) is 11.5 Å². The Morgan fingerprint density at radius 2 is 1.90 bits per heavy atom. The molecule has 2 aromatic rings. The van der Waals surface area contributed by atoms with Gasteiger partial charge in [-0.2, -0.15) is 0 Å². The van der Waals surface area contributed by atoms with E-state index in [1.165, 1.54) is 20.3 Å². The van der Waals surface area contributed by atoms with Gasteiger partial charge in [-0.25, -0.2) is 4.39 Å². The van der Waals surface area contributed by atoms with E-state index in [2.05, 4.69) is 0 Å². The first-order valence-electron chi connectivity index (χ1n) is 9.69. The van der Waals surface area contributed by atoms with Gasteiger partial charge in [0.05, 0.1) is 14.2 Å². The van der Waals surface area contributed by atoms with Crippen LogP contribution >= 0.6 is 0 Å². The summed E-state index contributed by atoms with van der Waals surface area (Å²) in [5.74, 6) is 0.282. The molecule has 0 saturated heterocycles. The van der Waals surface area contributed by atoms with Gasteiger partial charge in [-0.3, -0.25) is 0 Å². The van der Waals surface area contributed by atoms with E-state index in [1.54, 1.807) is 33.4 Å². The molecular formula is C22H23BF2N3O2. The van der Waals surface area contributed by atoms with Crippen molar-refractivity contribution < 1.29 is 22.7 Å². The molecule has 2 N–H and O–H groups in total. The summed E-state index contributed by atoms with van der Waals surface area (Å²) in [6, 6.07) is 4.73. The number of nitrogens with two attached hydrogens (primary N) is 1. The maximum atomic E-state index is 15.4. The molecule has 155 valence electrons. The molecule has 0 bridgehead atoms. The highest BCUT2D eigenvalue weighted by atomic mass is 19.1. The minimum atomic E-state index is -1.39. The fourth-order valence-electron chi connectivity index (χ4n) is 4.06. The summed E-state index contributed by atoms with van der Waals surface area (Å²) in [6.07, 6.45) is 9.41. The Hall–Kier alpha value is -3.13. The molecular weight excluding hydrogens is 387 g/mol. The lowest BCUT2D eigenvalue weighted by atomic mass is 9.91. The Balaban J connectivity index is 1.80. The summed E-state index contributed by atoms with van der Waals surface area (Å²) in [5.41, 5.74) is 10.4. The van der Waals surface area contributed by atoms with Gasteiger partial charge in [0.25, 0.3) is 0 Å². The Labute approximate surface area is 174 Å². The molecule has 30 heavy (non-hydrogen) atoms. The minimum absolute atomic E-state index is 0.313. The van der Waals surface area contributed by atoms with E-state index in [1.807, 2.05) is 25.1 Å². The summed E-state index contributed by atoms with van der Waals surface area (Å²) in [6.45, 7) is 2.41. The zero-order valence-corrected chi connectivity index (χ0v) is 17.2. The highest BCUT2D eigenvalue weighted by Crippen LogP contribution is 2.36. The van der Waals surface area contributed by atoms with E-state index < -0.39 is 13.1 Å². The van der Waals surface area contributed by atoms with Crippen LogP contribution in [-0.2, 0) is 0 Å². The maximum Gasteiger partial charge on any atom is 0.533 e. The van der Waals surface area contributed by atoms with Gasteiger partial charge in [0.2, 0.25) is 0 Å². The fraction of sp³-hybridized carbons (Fsp3) is 0.227. The molecule has 0 saturated carbocycles. The Morgan fingerprint density at radius 3 is 2.60 bits per heavy atom. The SMILES string of the molecule is COc1cc(F)c(/C=C/c2cc(C)c3n2[B-](F)[N+]2=CC=CC2=C3CCN)cc1OC. The highest BCUT2D eigenvalue weighted by Gasteiger charge is 2.34. The summed E-state index contributed by atoms with van der Waals surface area (Å²) < 4.78 is 43.6. The molecule has 0 spiro atoms. The molecule has 0 fully saturated rings. The van der Waals surface area contributed by atoms with E-state index in [9.17, 15) is 4.39 Å². The van der Waals surface area contributed by atoms with Crippen molar-refractivity contribution in [1.29, 1.82) is 0 Å². The second-order valence-electron chi connectivity index (χ2n) is 7.16. The molecule has 1 radical (unpaired) electrons. The number of methoxy groups -OCH3 is 2. The van der Waals surface area contributed by atoms with Crippen molar-refractivity contribution >= 4 is 31.2 Å². The van der Waals surface area contributed by atoms with Crippen LogP contribution in [0.1, 0.15) is 28.9 Å². The number of allylic oxidation sites excluding steroid dienone is 2. The molecule has 3 heterocycles. The van der Waals surface area contributed by atoms with Gasteiger partial charge in [-0.05, 0) is 49.7 Å². The zero-order chi connectivity index (χ0) is 21.4. The second kappa shape index (κ2) is 7.95. The molecule has 0 atom stereocenters. The second-order valence-corrected chi connectivity index (χ2v) is 7.16. The normalized spacial score (nSPS) is 15.6. The van der Waals surface area contributed by atoms with Crippen molar-refractivity contribution in [2.45, 2.75) is 13.3 Å². The molecule has 1 aromatic heterocycles. The number of hydrogen-bond acceptors (Lipinski definition) is 3. The van der Waals surface area contributed by atoms with E-state index in [4.69, 9.17) is 15.2 Å². The Morgan fingerprint density at radius 1 is 1.17 bits per heavy atom. The minimum Gasteiger partial charge on any atom is -0.493 e. The van der Waals surface area contributed by atoms with E-state index >= 15 is 4.32 Å². The van der Waals surface area contributed by atoms with Crippen LogP contribution in [0.3, 0.4) is 0 Å². The van der Waals surface area contributed by atoms with Crippen LogP contribution in [0, 0.1) is 12.7 Å². The third-order valence-corrected chi connectivity index (χ3v) is 5.40. The van der Waals surface area contributed by atoms with Gasteiger partial charge >= 0.3 is 7.26 Å². The summed E-state index contributed by atoms with van der Waals surface area (Å²) in [4.78, 5) is 0. The highest BCUT2D eigenvalue weighted by molar-refractivity contribution is 6.43. The first kappa shape index (κ1) is 20.2. The topological polar surface area (TPSA) is 52.4 Å². The van der Waals surface area contributed by atoms with Crippen LogP contribution in [0.2, 0.25) is 0 Å².